The van der Waals surface area contributed by atoms with Crippen molar-refractivity contribution in [3.63, 3.8) is 0 Å². The molecule has 0 spiro atoms. The maximum Gasteiger partial charge on any atom is 0.251 e. The SMILES string of the molecule is O=C(NC1COC1)c1cc(F)c(F)c(F)c1. The summed E-state index contributed by atoms with van der Waals surface area (Å²) in [5.74, 6) is -4.99. The molecule has 86 valence electrons. The van der Waals surface area contributed by atoms with Crippen LogP contribution < -0.4 is 5.32 Å². The molecule has 0 atom stereocenters. The first kappa shape index (κ1) is 10.9. The predicted octanol–water partition coefficient (Wildman–Crippen LogP) is 1.23. The predicted molar refractivity (Wildman–Crippen MR) is 48.4 cm³/mol. The molecule has 1 amide bonds. The van der Waals surface area contributed by atoms with Crippen LogP contribution in [0.15, 0.2) is 12.1 Å². The van der Waals surface area contributed by atoms with Crippen LogP contribution in [0, 0.1) is 17.5 Å². The number of benzene rings is 1. The van der Waals surface area contributed by atoms with Gasteiger partial charge in [-0.3, -0.25) is 4.79 Å². The van der Waals surface area contributed by atoms with E-state index in [-0.39, 0.29) is 11.6 Å². The summed E-state index contributed by atoms with van der Waals surface area (Å²) in [6, 6.07) is 1.17. The summed E-state index contributed by atoms with van der Waals surface area (Å²) in [5, 5.41) is 2.49. The van der Waals surface area contributed by atoms with Crippen molar-refractivity contribution < 1.29 is 22.7 Å². The summed E-state index contributed by atoms with van der Waals surface area (Å²) in [4.78, 5) is 11.4. The summed E-state index contributed by atoms with van der Waals surface area (Å²) in [6.07, 6.45) is 0. The summed E-state index contributed by atoms with van der Waals surface area (Å²) < 4.78 is 43.1. The molecule has 0 aromatic heterocycles. The van der Waals surface area contributed by atoms with E-state index in [4.69, 9.17) is 4.74 Å². The van der Waals surface area contributed by atoms with E-state index >= 15 is 0 Å². The zero-order chi connectivity index (χ0) is 11.7. The quantitative estimate of drug-likeness (QED) is 0.777. The Morgan fingerprint density at radius 2 is 1.81 bits per heavy atom. The molecule has 2 rings (SSSR count). The van der Waals surface area contributed by atoms with Crippen molar-refractivity contribution in [2.75, 3.05) is 13.2 Å². The van der Waals surface area contributed by atoms with Gasteiger partial charge in [0, 0.05) is 5.56 Å². The molecule has 6 heteroatoms. The zero-order valence-corrected chi connectivity index (χ0v) is 8.10. The van der Waals surface area contributed by atoms with Crippen molar-refractivity contribution >= 4 is 5.91 Å². The highest BCUT2D eigenvalue weighted by molar-refractivity contribution is 5.94. The van der Waals surface area contributed by atoms with Crippen molar-refractivity contribution in [2.24, 2.45) is 0 Å². The topological polar surface area (TPSA) is 38.3 Å². The molecule has 0 bridgehead atoms. The minimum absolute atomic E-state index is 0.149. The van der Waals surface area contributed by atoms with Crippen LogP contribution in [0.4, 0.5) is 13.2 Å². The number of hydrogen-bond acceptors (Lipinski definition) is 2. The summed E-state index contributed by atoms with van der Waals surface area (Å²) in [6.45, 7) is 0.746. The van der Waals surface area contributed by atoms with Crippen LogP contribution in [0.2, 0.25) is 0 Å². The number of nitrogens with one attached hydrogen (secondary N) is 1. The largest absolute Gasteiger partial charge is 0.377 e. The van der Waals surface area contributed by atoms with Crippen molar-refractivity contribution in [3.8, 4) is 0 Å². The Morgan fingerprint density at radius 3 is 2.25 bits per heavy atom. The maximum atomic E-state index is 12.8. The highest BCUT2D eigenvalue weighted by Gasteiger charge is 2.22. The van der Waals surface area contributed by atoms with Gasteiger partial charge in [-0.1, -0.05) is 0 Å². The van der Waals surface area contributed by atoms with Gasteiger partial charge in [-0.15, -0.1) is 0 Å². The molecular formula is C10H8F3NO2. The molecule has 0 aliphatic carbocycles. The molecular weight excluding hydrogens is 223 g/mol. The first-order valence-electron chi connectivity index (χ1n) is 4.61. The van der Waals surface area contributed by atoms with Crippen LogP contribution in [-0.2, 0) is 4.74 Å². The zero-order valence-electron chi connectivity index (χ0n) is 8.10. The van der Waals surface area contributed by atoms with Gasteiger partial charge < -0.3 is 10.1 Å². The Hall–Kier alpha value is -1.56. The lowest BCUT2D eigenvalue weighted by atomic mass is 10.1. The Bertz CT molecular complexity index is 409. The third kappa shape index (κ3) is 2.01. The summed E-state index contributed by atoms with van der Waals surface area (Å²) in [5.41, 5.74) is -0.247. The molecule has 0 saturated carbocycles. The van der Waals surface area contributed by atoms with Crippen LogP contribution in [0.1, 0.15) is 10.4 Å². The fraction of sp³-hybridized carbons (Fsp3) is 0.300. The van der Waals surface area contributed by atoms with Gasteiger partial charge in [0.25, 0.3) is 5.91 Å². The average molecular weight is 231 g/mol. The molecule has 3 nitrogen and oxygen atoms in total. The summed E-state index contributed by atoms with van der Waals surface area (Å²) >= 11 is 0. The minimum Gasteiger partial charge on any atom is -0.377 e. The van der Waals surface area contributed by atoms with Gasteiger partial charge in [-0.2, -0.15) is 0 Å². The summed E-state index contributed by atoms with van der Waals surface area (Å²) in [7, 11) is 0. The van der Waals surface area contributed by atoms with Gasteiger partial charge in [0.1, 0.15) is 0 Å². The van der Waals surface area contributed by atoms with E-state index in [0.29, 0.717) is 25.3 Å². The maximum absolute atomic E-state index is 12.8. The number of carbonyl (C=O) groups is 1. The molecule has 1 fully saturated rings. The van der Waals surface area contributed by atoms with Crippen LogP contribution in [-0.4, -0.2) is 25.2 Å². The lowest BCUT2D eigenvalue weighted by Crippen LogP contribution is -2.48. The van der Waals surface area contributed by atoms with Crippen LogP contribution >= 0.6 is 0 Å². The number of halogens is 3. The van der Waals surface area contributed by atoms with Gasteiger partial charge in [0.15, 0.2) is 17.5 Å². The molecule has 0 radical (unpaired) electrons. The molecule has 16 heavy (non-hydrogen) atoms. The minimum atomic E-state index is -1.58. The molecule has 1 aromatic carbocycles. The van der Waals surface area contributed by atoms with Crippen LogP contribution in [0.5, 0.6) is 0 Å². The molecule has 1 aliphatic heterocycles. The number of carbonyl (C=O) groups excluding carboxylic acids is 1. The van der Waals surface area contributed by atoms with E-state index in [1.54, 1.807) is 0 Å². The number of amides is 1. The first-order valence-corrected chi connectivity index (χ1v) is 4.61. The lowest BCUT2D eigenvalue weighted by Gasteiger charge is -2.26. The highest BCUT2D eigenvalue weighted by Crippen LogP contribution is 2.14. The molecule has 1 aliphatic rings. The van der Waals surface area contributed by atoms with Crippen molar-refractivity contribution in [1.82, 2.24) is 5.32 Å². The van der Waals surface area contributed by atoms with E-state index in [9.17, 15) is 18.0 Å². The highest BCUT2D eigenvalue weighted by atomic mass is 19.2. The van der Waals surface area contributed by atoms with Gasteiger partial charge in [0.2, 0.25) is 0 Å². The average Bonchev–Trinajstić information content (AvgIpc) is 2.19. The smallest absolute Gasteiger partial charge is 0.251 e. The van der Waals surface area contributed by atoms with E-state index in [0.717, 1.165) is 0 Å². The second kappa shape index (κ2) is 4.13. The van der Waals surface area contributed by atoms with E-state index in [2.05, 4.69) is 5.32 Å². The molecule has 0 unspecified atom stereocenters. The standard InChI is InChI=1S/C10H8F3NO2/c11-7-1-5(2-8(12)9(7)13)10(15)14-6-3-16-4-6/h1-2,6H,3-4H2,(H,14,15). The molecule has 1 saturated heterocycles. The number of rotatable bonds is 2. The van der Waals surface area contributed by atoms with Gasteiger partial charge in [-0.25, -0.2) is 13.2 Å². The molecule has 1 N–H and O–H groups in total. The molecule has 1 aromatic rings. The first-order chi connectivity index (χ1) is 7.58. The fourth-order valence-electron chi connectivity index (χ4n) is 1.27. The normalized spacial score (nSPS) is 15.7. The van der Waals surface area contributed by atoms with Crippen molar-refractivity contribution in [1.29, 1.82) is 0 Å². The van der Waals surface area contributed by atoms with E-state index in [1.165, 1.54) is 0 Å². The third-order valence-corrected chi connectivity index (χ3v) is 2.22. The second-order valence-corrected chi connectivity index (χ2v) is 3.46. The van der Waals surface area contributed by atoms with Crippen LogP contribution in [0.3, 0.4) is 0 Å². The monoisotopic (exact) mass is 231 g/mol. The Kier molecular flexibility index (Phi) is 2.82. The van der Waals surface area contributed by atoms with E-state index < -0.39 is 23.4 Å². The Balaban J connectivity index is 2.16. The van der Waals surface area contributed by atoms with E-state index in [1.807, 2.05) is 0 Å². The van der Waals surface area contributed by atoms with Gasteiger partial charge in [0.05, 0.1) is 19.3 Å². The number of hydrogen-bond donors (Lipinski definition) is 1. The van der Waals surface area contributed by atoms with Crippen LogP contribution in [0.25, 0.3) is 0 Å². The Morgan fingerprint density at radius 1 is 1.25 bits per heavy atom. The van der Waals surface area contributed by atoms with Crippen molar-refractivity contribution in [3.05, 3.63) is 35.1 Å². The van der Waals surface area contributed by atoms with Crippen molar-refractivity contribution in [2.45, 2.75) is 6.04 Å². The molecule has 1 heterocycles. The lowest BCUT2D eigenvalue weighted by molar-refractivity contribution is -0.00347. The van der Waals surface area contributed by atoms with Gasteiger partial charge in [-0.05, 0) is 12.1 Å². The second-order valence-electron chi connectivity index (χ2n) is 3.46. The fourth-order valence-corrected chi connectivity index (χ4v) is 1.27. The third-order valence-electron chi connectivity index (χ3n) is 2.22. The van der Waals surface area contributed by atoms with Gasteiger partial charge >= 0.3 is 0 Å². The Labute approximate surface area is 89.2 Å². The number of ether oxygens (including phenoxy) is 1.